The summed E-state index contributed by atoms with van der Waals surface area (Å²) in [6.45, 7) is 23.7. The molecule has 6 aliphatic heterocycles. The molecular formula is C36H54N2O4. The first-order valence-corrected chi connectivity index (χ1v) is 15.9. The molecule has 2 atom stereocenters. The molecule has 232 valence electrons. The van der Waals surface area contributed by atoms with E-state index in [0.29, 0.717) is 13.2 Å². The number of hydrogen-bond acceptors (Lipinski definition) is 6. The Hall–Kier alpha value is -1.80. The second-order valence-electron chi connectivity index (χ2n) is 15.5. The van der Waals surface area contributed by atoms with Gasteiger partial charge in [-0.15, -0.1) is 0 Å². The van der Waals surface area contributed by atoms with Gasteiger partial charge in [-0.25, -0.2) is 0 Å². The van der Waals surface area contributed by atoms with Crippen molar-refractivity contribution in [2.45, 2.75) is 155 Å². The minimum atomic E-state index is -0.189. The lowest BCUT2D eigenvalue weighted by Crippen LogP contribution is -2.62. The van der Waals surface area contributed by atoms with Crippen LogP contribution in [0.3, 0.4) is 0 Å². The van der Waals surface area contributed by atoms with Crippen LogP contribution in [0.5, 0.6) is 0 Å². The molecular weight excluding hydrogens is 524 g/mol. The van der Waals surface area contributed by atoms with E-state index in [2.05, 4.69) is 128 Å². The smallest absolute Gasteiger partial charge is 0.102 e. The van der Waals surface area contributed by atoms with Crippen LogP contribution in [0.15, 0.2) is 48.5 Å². The Labute approximate surface area is 254 Å². The number of benzene rings is 2. The van der Waals surface area contributed by atoms with Crippen molar-refractivity contribution in [3.63, 3.8) is 0 Å². The Kier molecular flexibility index (Phi) is 8.74. The van der Waals surface area contributed by atoms with E-state index in [0.717, 1.165) is 36.8 Å². The molecule has 0 saturated carbocycles. The molecule has 2 aromatic rings. The van der Waals surface area contributed by atoms with Gasteiger partial charge in [0.2, 0.25) is 0 Å². The fourth-order valence-corrected chi connectivity index (χ4v) is 7.89. The minimum absolute atomic E-state index is 0.102. The summed E-state index contributed by atoms with van der Waals surface area (Å²) in [4.78, 5) is 13.6. The third kappa shape index (κ3) is 6.80. The molecule has 0 aromatic heterocycles. The van der Waals surface area contributed by atoms with Gasteiger partial charge in [0, 0.05) is 22.2 Å². The lowest BCUT2D eigenvalue weighted by molar-refractivity contribution is -0.317. The Morgan fingerprint density at radius 1 is 0.548 bits per heavy atom. The average Bonchev–Trinajstić information content (AvgIpc) is 2.89. The van der Waals surface area contributed by atoms with Crippen molar-refractivity contribution in [3.8, 4) is 0 Å². The molecule has 6 heteroatoms. The molecule has 0 amide bonds. The monoisotopic (exact) mass is 578 g/mol. The fraction of sp³-hybridized carbons (Fsp3) is 0.667. The van der Waals surface area contributed by atoms with Crippen LogP contribution >= 0.6 is 0 Å². The van der Waals surface area contributed by atoms with Gasteiger partial charge in [-0.3, -0.25) is 9.68 Å². The van der Waals surface area contributed by atoms with Crippen LogP contribution in [0.4, 0.5) is 0 Å². The number of hydroxylamine groups is 4. The maximum Gasteiger partial charge on any atom is 0.102 e. The molecule has 42 heavy (non-hydrogen) atoms. The Morgan fingerprint density at radius 3 is 1.29 bits per heavy atom. The Morgan fingerprint density at radius 2 is 0.905 bits per heavy atom. The highest BCUT2D eigenvalue weighted by Gasteiger charge is 2.49. The highest BCUT2D eigenvalue weighted by molar-refractivity contribution is 5.27. The summed E-state index contributed by atoms with van der Waals surface area (Å²) in [7, 11) is 0. The van der Waals surface area contributed by atoms with Crippen LogP contribution in [0, 0.1) is 0 Å². The highest BCUT2D eigenvalue weighted by Crippen LogP contribution is 2.44. The molecule has 0 spiro atoms. The van der Waals surface area contributed by atoms with Crippen molar-refractivity contribution < 1.29 is 19.1 Å². The average molecular weight is 579 g/mol. The van der Waals surface area contributed by atoms with E-state index < -0.39 is 0 Å². The van der Waals surface area contributed by atoms with Crippen molar-refractivity contribution in [2.75, 3.05) is 0 Å². The third-order valence-electron chi connectivity index (χ3n) is 9.45. The van der Waals surface area contributed by atoms with Gasteiger partial charge < -0.3 is 9.47 Å². The van der Waals surface area contributed by atoms with E-state index >= 15 is 0 Å². The van der Waals surface area contributed by atoms with E-state index in [1.165, 1.54) is 11.1 Å². The van der Waals surface area contributed by atoms with Crippen LogP contribution < -0.4 is 0 Å². The predicted octanol–water partition coefficient (Wildman–Crippen LogP) is 8.46. The van der Waals surface area contributed by atoms with Gasteiger partial charge in [0.15, 0.2) is 0 Å². The largest absolute Gasteiger partial charge is 0.373 e. The van der Waals surface area contributed by atoms with E-state index in [1.54, 1.807) is 0 Å². The van der Waals surface area contributed by atoms with Gasteiger partial charge in [0.25, 0.3) is 0 Å². The number of piperidine rings is 2. The normalized spacial score (nSPS) is 34.2. The van der Waals surface area contributed by atoms with Crippen LogP contribution in [-0.4, -0.2) is 44.5 Å². The topological polar surface area (TPSA) is 43.4 Å². The van der Waals surface area contributed by atoms with Crippen LogP contribution in [-0.2, 0) is 32.4 Å². The summed E-state index contributed by atoms with van der Waals surface area (Å²) in [6.07, 6.45) is 3.71. The standard InChI is InChI=1S/C36H54N2O4/c1-25-29-15-12-16-30(18-29)26(2)42-38-35(7,8)21-32(22-36(38,9)10)40-24-28-14-11-13-27(17-28)23-39-31-19-33(3,4)37(41-25)34(5,6)20-31/h11-18,25-26,31-32H,19-24H2,1-10H3. The van der Waals surface area contributed by atoms with Gasteiger partial charge in [-0.1, -0.05) is 48.5 Å². The SMILES string of the molecule is CC1ON2C(C)(C)CC(CC2(C)C)OCc2cccc(c2)COC2CC(C)(C)N(OC(C)c3cccc1c3)C(C)(C)C2. The van der Waals surface area contributed by atoms with Crippen LogP contribution in [0.1, 0.15) is 129 Å². The molecule has 6 nitrogen and oxygen atoms in total. The van der Waals surface area contributed by atoms with Gasteiger partial charge in [-0.2, -0.15) is 10.1 Å². The van der Waals surface area contributed by atoms with Gasteiger partial charge >= 0.3 is 0 Å². The lowest BCUT2D eigenvalue weighted by Gasteiger charge is -2.54. The lowest BCUT2D eigenvalue weighted by atomic mass is 9.80. The van der Waals surface area contributed by atoms with Crippen molar-refractivity contribution in [3.05, 3.63) is 70.8 Å². The van der Waals surface area contributed by atoms with E-state index in [9.17, 15) is 0 Å². The number of hydrogen-bond donors (Lipinski definition) is 0. The zero-order chi connectivity index (χ0) is 30.5. The molecule has 8 bridgehead atoms. The maximum absolute atomic E-state index is 6.82. The highest BCUT2D eigenvalue weighted by atomic mass is 16.7. The zero-order valence-electron chi connectivity index (χ0n) is 27.7. The minimum Gasteiger partial charge on any atom is -0.373 e. The van der Waals surface area contributed by atoms with Crippen molar-refractivity contribution in [1.29, 1.82) is 0 Å². The summed E-state index contributed by atoms with van der Waals surface area (Å²) in [5.41, 5.74) is 3.94. The second kappa shape index (κ2) is 11.6. The van der Waals surface area contributed by atoms with E-state index in [-0.39, 0.29) is 46.6 Å². The molecule has 6 heterocycles. The summed E-state index contributed by atoms with van der Waals surface area (Å²) in [5, 5.41) is 4.46. The molecule has 0 aliphatic carbocycles. The first-order valence-electron chi connectivity index (χ1n) is 15.9. The fourth-order valence-electron chi connectivity index (χ4n) is 7.89. The van der Waals surface area contributed by atoms with Crippen molar-refractivity contribution in [2.24, 2.45) is 0 Å². The summed E-state index contributed by atoms with van der Waals surface area (Å²) in [6, 6.07) is 17.4. The number of rotatable bonds is 0. The summed E-state index contributed by atoms with van der Waals surface area (Å²) >= 11 is 0. The molecule has 0 radical (unpaired) electrons. The third-order valence-corrected chi connectivity index (χ3v) is 9.45. The van der Waals surface area contributed by atoms with Gasteiger partial charge in [-0.05, 0) is 117 Å². The molecule has 2 saturated heterocycles. The molecule has 0 N–H and O–H groups in total. The van der Waals surface area contributed by atoms with Crippen LogP contribution in [0.25, 0.3) is 0 Å². The van der Waals surface area contributed by atoms with E-state index in [4.69, 9.17) is 19.1 Å². The number of nitrogens with zero attached hydrogens (tertiary/aromatic N) is 2. The Balaban J connectivity index is 1.47. The van der Waals surface area contributed by atoms with Crippen molar-refractivity contribution >= 4 is 0 Å². The maximum atomic E-state index is 6.82. The molecule has 2 aromatic carbocycles. The molecule has 8 rings (SSSR count). The zero-order valence-corrected chi connectivity index (χ0v) is 27.7. The predicted molar refractivity (Wildman–Crippen MR) is 167 cm³/mol. The molecule has 2 fully saturated rings. The number of ether oxygens (including phenoxy) is 2. The quantitative estimate of drug-likeness (QED) is 0.312. The summed E-state index contributed by atoms with van der Waals surface area (Å²) in [5.74, 6) is 0. The van der Waals surface area contributed by atoms with Crippen molar-refractivity contribution in [1.82, 2.24) is 10.1 Å². The first kappa shape index (κ1) is 31.6. The Bertz CT molecular complexity index is 1120. The van der Waals surface area contributed by atoms with E-state index in [1.807, 2.05) is 0 Å². The van der Waals surface area contributed by atoms with Gasteiger partial charge in [0.05, 0.1) is 25.4 Å². The van der Waals surface area contributed by atoms with Crippen LogP contribution in [0.2, 0.25) is 0 Å². The van der Waals surface area contributed by atoms with Gasteiger partial charge in [0.1, 0.15) is 12.2 Å². The second-order valence-corrected chi connectivity index (χ2v) is 15.5. The molecule has 2 unspecified atom stereocenters. The first-order chi connectivity index (χ1) is 19.6. The summed E-state index contributed by atoms with van der Waals surface area (Å²) < 4.78 is 13.2. The molecule has 6 aliphatic rings.